The lowest BCUT2D eigenvalue weighted by molar-refractivity contribution is 0.307. The maximum absolute atomic E-state index is 6.00. The summed E-state index contributed by atoms with van der Waals surface area (Å²) in [5.74, 6) is 1.79. The summed E-state index contributed by atoms with van der Waals surface area (Å²) in [5.41, 5.74) is 3.36. The number of ether oxygens (including phenoxy) is 2. The molecule has 0 bridgehead atoms. The van der Waals surface area contributed by atoms with Crippen LogP contribution in [0.3, 0.4) is 0 Å². The average molecular weight is 361 g/mol. The molecule has 3 aromatic rings. The van der Waals surface area contributed by atoms with E-state index in [0.29, 0.717) is 6.61 Å². The smallest absolute Gasteiger partial charge is 0.142 e. The van der Waals surface area contributed by atoms with Crippen molar-refractivity contribution in [2.24, 2.45) is 0 Å². The topological polar surface area (TPSA) is 30.5 Å². The molecule has 0 aliphatic rings. The van der Waals surface area contributed by atoms with E-state index in [2.05, 4.69) is 36.5 Å². The minimum Gasteiger partial charge on any atom is -0.494 e. The summed E-state index contributed by atoms with van der Waals surface area (Å²) in [4.78, 5) is 0. The summed E-state index contributed by atoms with van der Waals surface area (Å²) < 4.78 is 11.7. The molecule has 3 rings (SSSR count). The SMILES string of the molecule is CCCCOc1ccc(CNc2ccccc2OCc2ccccc2)cc1. The molecular formula is C24H27NO2. The highest BCUT2D eigenvalue weighted by Crippen LogP contribution is 2.25. The summed E-state index contributed by atoms with van der Waals surface area (Å²) in [6.45, 7) is 4.24. The molecule has 1 N–H and O–H groups in total. The van der Waals surface area contributed by atoms with Gasteiger partial charge in [0.2, 0.25) is 0 Å². The molecule has 140 valence electrons. The van der Waals surface area contributed by atoms with Crippen molar-refractivity contribution in [3.63, 3.8) is 0 Å². The second-order valence-corrected chi connectivity index (χ2v) is 6.47. The van der Waals surface area contributed by atoms with Gasteiger partial charge in [-0.2, -0.15) is 0 Å². The van der Waals surface area contributed by atoms with Crippen LogP contribution < -0.4 is 14.8 Å². The Morgan fingerprint density at radius 3 is 2.26 bits per heavy atom. The third-order valence-electron chi connectivity index (χ3n) is 4.30. The minimum atomic E-state index is 0.559. The van der Waals surface area contributed by atoms with Crippen molar-refractivity contribution in [2.75, 3.05) is 11.9 Å². The van der Waals surface area contributed by atoms with Gasteiger partial charge in [0.1, 0.15) is 18.1 Å². The fraction of sp³-hybridized carbons (Fsp3) is 0.250. The predicted octanol–water partition coefficient (Wildman–Crippen LogP) is 6.06. The van der Waals surface area contributed by atoms with Crippen LogP contribution in [0, 0.1) is 0 Å². The quantitative estimate of drug-likeness (QED) is 0.445. The van der Waals surface area contributed by atoms with Crippen LogP contribution in [-0.2, 0) is 13.2 Å². The van der Waals surface area contributed by atoms with E-state index in [1.807, 2.05) is 54.6 Å². The second-order valence-electron chi connectivity index (χ2n) is 6.47. The highest BCUT2D eigenvalue weighted by atomic mass is 16.5. The molecular weight excluding hydrogens is 334 g/mol. The van der Waals surface area contributed by atoms with Crippen molar-refractivity contribution >= 4 is 5.69 Å². The molecule has 0 amide bonds. The van der Waals surface area contributed by atoms with Crippen molar-refractivity contribution in [3.05, 3.63) is 90.0 Å². The van der Waals surface area contributed by atoms with Crippen molar-refractivity contribution in [2.45, 2.75) is 32.9 Å². The van der Waals surface area contributed by atoms with Gasteiger partial charge in [-0.05, 0) is 41.8 Å². The van der Waals surface area contributed by atoms with E-state index in [0.717, 1.165) is 48.7 Å². The van der Waals surface area contributed by atoms with Gasteiger partial charge in [-0.15, -0.1) is 0 Å². The van der Waals surface area contributed by atoms with Crippen LogP contribution in [0.15, 0.2) is 78.9 Å². The lowest BCUT2D eigenvalue weighted by Crippen LogP contribution is -2.03. The van der Waals surface area contributed by atoms with Gasteiger partial charge < -0.3 is 14.8 Å². The summed E-state index contributed by atoms with van der Waals surface area (Å²) >= 11 is 0. The lowest BCUT2D eigenvalue weighted by Gasteiger charge is -2.14. The number of anilines is 1. The summed E-state index contributed by atoms with van der Waals surface area (Å²) in [7, 11) is 0. The fourth-order valence-corrected chi connectivity index (χ4v) is 2.71. The zero-order valence-corrected chi connectivity index (χ0v) is 15.9. The van der Waals surface area contributed by atoms with Crippen molar-refractivity contribution in [3.8, 4) is 11.5 Å². The molecule has 0 fully saturated rings. The van der Waals surface area contributed by atoms with Gasteiger partial charge in [-0.3, -0.25) is 0 Å². The molecule has 0 atom stereocenters. The van der Waals surface area contributed by atoms with E-state index in [-0.39, 0.29) is 0 Å². The van der Waals surface area contributed by atoms with Crippen LogP contribution in [-0.4, -0.2) is 6.61 Å². The standard InChI is InChI=1S/C24H27NO2/c1-2-3-17-26-22-15-13-20(14-16-22)18-25-23-11-7-8-12-24(23)27-19-21-9-5-4-6-10-21/h4-16,25H,2-3,17-19H2,1H3. The van der Waals surface area contributed by atoms with E-state index in [4.69, 9.17) is 9.47 Å². The van der Waals surface area contributed by atoms with E-state index in [9.17, 15) is 0 Å². The molecule has 3 aromatic carbocycles. The normalized spacial score (nSPS) is 10.4. The molecule has 0 radical (unpaired) electrons. The summed E-state index contributed by atoms with van der Waals surface area (Å²) in [5, 5.41) is 3.47. The maximum atomic E-state index is 6.00. The molecule has 0 unspecified atom stereocenters. The first kappa shape index (κ1) is 18.8. The van der Waals surface area contributed by atoms with E-state index >= 15 is 0 Å². The third-order valence-corrected chi connectivity index (χ3v) is 4.30. The van der Waals surface area contributed by atoms with Crippen LogP contribution in [0.2, 0.25) is 0 Å². The Kier molecular flexibility index (Phi) is 7.16. The predicted molar refractivity (Wildman–Crippen MR) is 111 cm³/mol. The first-order chi connectivity index (χ1) is 13.3. The molecule has 0 saturated carbocycles. The largest absolute Gasteiger partial charge is 0.494 e. The monoisotopic (exact) mass is 361 g/mol. The van der Waals surface area contributed by atoms with Gasteiger partial charge in [-0.1, -0.05) is 67.9 Å². The third kappa shape index (κ3) is 6.07. The Morgan fingerprint density at radius 2 is 1.48 bits per heavy atom. The molecule has 0 heterocycles. The Bertz CT molecular complexity index is 800. The lowest BCUT2D eigenvalue weighted by atomic mass is 10.2. The molecule has 0 aliphatic carbocycles. The zero-order chi connectivity index (χ0) is 18.7. The van der Waals surface area contributed by atoms with E-state index in [1.165, 1.54) is 5.56 Å². The molecule has 0 spiro atoms. The van der Waals surface area contributed by atoms with Gasteiger partial charge in [0.25, 0.3) is 0 Å². The van der Waals surface area contributed by atoms with Crippen molar-refractivity contribution in [1.82, 2.24) is 0 Å². The number of benzene rings is 3. The second kappa shape index (κ2) is 10.3. The van der Waals surface area contributed by atoms with Crippen LogP contribution in [0.25, 0.3) is 0 Å². The molecule has 27 heavy (non-hydrogen) atoms. The highest BCUT2D eigenvalue weighted by molar-refractivity contribution is 5.56. The molecule has 3 heteroatoms. The van der Waals surface area contributed by atoms with Gasteiger partial charge in [0, 0.05) is 6.54 Å². The average Bonchev–Trinajstić information content (AvgIpc) is 2.73. The van der Waals surface area contributed by atoms with Crippen LogP contribution >= 0.6 is 0 Å². The Labute approximate surface area is 162 Å². The van der Waals surface area contributed by atoms with Gasteiger partial charge in [0.05, 0.1) is 12.3 Å². The highest BCUT2D eigenvalue weighted by Gasteiger charge is 2.04. The molecule has 0 saturated heterocycles. The van der Waals surface area contributed by atoms with E-state index in [1.54, 1.807) is 0 Å². The number of nitrogens with one attached hydrogen (secondary N) is 1. The first-order valence-electron chi connectivity index (χ1n) is 9.56. The Balaban J connectivity index is 1.54. The molecule has 3 nitrogen and oxygen atoms in total. The van der Waals surface area contributed by atoms with Gasteiger partial charge in [0.15, 0.2) is 0 Å². The minimum absolute atomic E-state index is 0.559. The van der Waals surface area contributed by atoms with Gasteiger partial charge >= 0.3 is 0 Å². The number of unbranched alkanes of at least 4 members (excludes halogenated alkanes) is 1. The van der Waals surface area contributed by atoms with Gasteiger partial charge in [-0.25, -0.2) is 0 Å². The maximum Gasteiger partial charge on any atom is 0.142 e. The number of hydrogen-bond donors (Lipinski definition) is 1. The zero-order valence-electron chi connectivity index (χ0n) is 15.9. The Hall–Kier alpha value is -2.94. The van der Waals surface area contributed by atoms with Crippen LogP contribution in [0.4, 0.5) is 5.69 Å². The van der Waals surface area contributed by atoms with Crippen molar-refractivity contribution < 1.29 is 9.47 Å². The number of para-hydroxylation sites is 2. The van der Waals surface area contributed by atoms with Crippen molar-refractivity contribution in [1.29, 1.82) is 0 Å². The number of hydrogen-bond acceptors (Lipinski definition) is 3. The molecule has 0 aliphatic heterocycles. The van der Waals surface area contributed by atoms with E-state index < -0.39 is 0 Å². The first-order valence-corrected chi connectivity index (χ1v) is 9.56. The number of rotatable bonds is 10. The molecule has 0 aromatic heterocycles. The Morgan fingerprint density at radius 1 is 0.741 bits per heavy atom. The van der Waals surface area contributed by atoms with Crippen LogP contribution in [0.1, 0.15) is 30.9 Å². The summed E-state index contributed by atoms with van der Waals surface area (Å²) in [6, 6.07) is 26.5. The fourth-order valence-electron chi connectivity index (χ4n) is 2.71. The summed E-state index contributed by atoms with van der Waals surface area (Å²) in [6.07, 6.45) is 2.23. The van der Waals surface area contributed by atoms with Crippen LogP contribution in [0.5, 0.6) is 11.5 Å².